The number of ketones is 1. The Kier molecular flexibility index (Phi) is 5.55. The third-order valence-electron chi connectivity index (χ3n) is 9.19. The molecule has 0 spiro atoms. The number of Topliss-reactive ketones (excluding diaryl/α,β-unsaturated/α-hetero) is 1. The van der Waals surface area contributed by atoms with Crippen LogP contribution in [-0.4, -0.2) is 41.1 Å². The number of carbonyl (C=O) groups excluding carboxylic acids is 3. The van der Waals surface area contributed by atoms with E-state index >= 15 is 0 Å². The molecular weight excluding hydrogens is 444 g/mol. The van der Waals surface area contributed by atoms with E-state index in [0.29, 0.717) is 23.0 Å². The van der Waals surface area contributed by atoms with Gasteiger partial charge in [-0.05, 0) is 67.6 Å². The molecule has 1 heterocycles. The van der Waals surface area contributed by atoms with Crippen molar-refractivity contribution >= 4 is 17.7 Å². The van der Waals surface area contributed by atoms with Crippen molar-refractivity contribution in [1.82, 2.24) is 0 Å². The zero-order valence-electron chi connectivity index (χ0n) is 21.5. The van der Waals surface area contributed by atoms with Crippen LogP contribution in [0.5, 0.6) is 0 Å². The second-order valence-corrected chi connectivity index (χ2v) is 11.9. The highest BCUT2D eigenvalue weighted by atomic mass is 16.6. The molecule has 6 nitrogen and oxygen atoms in total. The van der Waals surface area contributed by atoms with Gasteiger partial charge in [0, 0.05) is 13.3 Å². The number of allylic oxidation sites excluding steroid dienone is 1. The Morgan fingerprint density at radius 1 is 1.11 bits per heavy atom. The third kappa shape index (κ3) is 3.85. The summed E-state index contributed by atoms with van der Waals surface area (Å²) in [6.45, 7) is 11.7. The van der Waals surface area contributed by atoms with E-state index < -0.39 is 35.2 Å². The fourth-order valence-electron chi connectivity index (χ4n) is 7.05. The molecule has 1 saturated heterocycles. The number of carbonyl (C=O) groups is 3. The van der Waals surface area contributed by atoms with Gasteiger partial charge in [-0.15, -0.1) is 0 Å². The lowest BCUT2D eigenvalue weighted by molar-refractivity contribution is -0.156. The van der Waals surface area contributed by atoms with E-state index in [1.165, 1.54) is 6.92 Å². The Hall–Kier alpha value is -2.47. The summed E-state index contributed by atoms with van der Waals surface area (Å²) in [5.41, 5.74) is -0.793. The minimum absolute atomic E-state index is 0.123. The van der Waals surface area contributed by atoms with Gasteiger partial charge in [0.1, 0.15) is 6.10 Å². The first-order valence-corrected chi connectivity index (χ1v) is 12.8. The minimum atomic E-state index is -1.46. The molecule has 6 heteroatoms. The molecule has 4 aliphatic rings. The largest absolute Gasteiger partial charge is 0.462 e. The number of rotatable bonds is 3. The topological polar surface area (TPSA) is 82.2 Å². The van der Waals surface area contributed by atoms with Gasteiger partial charge in [0.2, 0.25) is 5.78 Å². The number of ether oxygens (including phenoxy) is 3. The molecule has 188 valence electrons. The molecule has 0 amide bonds. The molecule has 0 aromatic heterocycles. The Morgan fingerprint density at radius 2 is 1.80 bits per heavy atom. The fourth-order valence-corrected chi connectivity index (χ4v) is 7.05. The number of hydrogen-bond donors (Lipinski definition) is 0. The Bertz CT molecular complexity index is 1090. The van der Waals surface area contributed by atoms with Crippen molar-refractivity contribution in [3.8, 4) is 0 Å². The molecular formula is C29H36O6. The summed E-state index contributed by atoms with van der Waals surface area (Å²) >= 11 is 0. The molecule has 1 aromatic carbocycles. The summed E-state index contributed by atoms with van der Waals surface area (Å²) in [4.78, 5) is 39.8. The van der Waals surface area contributed by atoms with Crippen molar-refractivity contribution in [3.05, 3.63) is 47.5 Å². The van der Waals surface area contributed by atoms with E-state index in [1.807, 2.05) is 19.9 Å². The third-order valence-corrected chi connectivity index (χ3v) is 9.19. The fraction of sp³-hybridized carbons (Fsp3) is 0.621. The van der Waals surface area contributed by atoms with Crippen LogP contribution in [-0.2, 0) is 23.8 Å². The van der Waals surface area contributed by atoms with E-state index in [4.69, 9.17) is 14.2 Å². The van der Waals surface area contributed by atoms with Crippen LogP contribution in [0, 0.1) is 29.1 Å². The van der Waals surface area contributed by atoms with Crippen LogP contribution in [0.4, 0.5) is 0 Å². The molecule has 2 saturated carbocycles. The minimum Gasteiger partial charge on any atom is -0.462 e. The quantitative estimate of drug-likeness (QED) is 0.452. The maximum Gasteiger partial charge on any atom is 0.339 e. The Labute approximate surface area is 207 Å². The highest BCUT2D eigenvalue weighted by Crippen LogP contribution is 2.65. The molecule has 8 atom stereocenters. The number of esters is 2. The Balaban J connectivity index is 1.62. The van der Waals surface area contributed by atoms with E-state index in [1.54, 1.807) is 24.3 Å². The Morgan fingerprint density at radius 3 is 2.46 bits per heavy atom. The van der Waals surface area contributed by atoms with E-state index in [2.05, 4.69) is 26.8 Å². The first-order chi connectivity index (χ1) is 16.4. The number of fused-ring (bicyclic) bond motifs is 4. The van der Waals surface area contributed by atoms with Gasteiger partial charge in [-0.2, -0.15) is 0 Å². The van der Waals surface area contributed by atoms with E-state index in [0.717, 1.165) is 12.8 Å². The monoisotopic (exact) mass is 480 g/mol. The summed E-state index contributed by atoms with van der Waals surface area (Å²) in [6.07, 6.45) is 3.31. The van der Waals surface area contributed by atoms with Crippen molar-refractivity contribution in [2.75, 3.05) is 0 Å². The molecule has 3 aliphatic carbocycles. The zero-order chi connectivity index (χ0) is 25.3. The molecule has 35 heavy (non-hydrogen) atoms. The summed E-state index contributed by atoms with van der Waals surface area (Å²) in [5, 5.41) is 0. The van der Waals surface area contributed by atoms with Crippen LogP contribution < -0.4 is 0 Å². The van der Waals surface area contributed by atoms with Gasteiger partial charge in [-0.1, -0.05) is 45.0 Å². The first-order valence-electron chi connectivity index (χ1n) is 12.8. The summed E-state index contributed by atoms with van der Waals surface area (Å²) in [5.74, 6) is -1.12. The molecule has 1 aliphatic heterocycles. The van der Waals surface area contributed by atoms with Crippen molar-refractivity contribution in [2.24, 2.45) is 29.1 Å². The van der Waals surface area contributed by atoms with Crippen molar-refractivity contribution in [1.29, 1.82) is 0 Å². The average Bonchev–Trinajstić information content (AvgIpc) is 3.57. The average molecular weight is 481 g/mol. The first kappa shape index (κ1) is 24.2. The molecule has 0 bridgehead atoms. The lowest BCUT2D eigenvalue weighted by Crippen LogP contribution is -2.52. The lowest BCUT2D eigenvalue weighted by atomic mass is 9.77. The molecule has 3 fully saturated rings. The van der Waals surface area contributed by atoms with Crippen LogP contribution >= 0.6 is 0 Å². The SMILES string of the molecule is CC(=O)O[C@@H]1[C@@H]2[C@H]3O[C@]3(C)CC[C@H]3[C@@H](C=C(C)C(=O)[C@@]2(OC(=O)c2ccccc2)C[C@H]1C)C3(C)C. The van der Waals surface area contributed by atoms with Gasteiger partial charge in [0.25, 0.3) is 0 Å². The molecule has 0 N–H and O–H groups in total. The van der Waals surface area contributed by atoms with Crippen molar-refractivity contribution in [2.45, 2.75) is 84.2 Å². The van der Waals surface area contributed by atoms with Crippen LogP contribution in [0.25, 0.3) is 0 Å². The smallest absolute Gasteiger partial charge is 0.339 e. The van der Waals surface area contributed by atoms with E-state index in [9.17, 15) is 14.4 Å². The van der Waals surface area contributed by atoms with Gasteiger partial charge in [-0.25, -0.2) is 4.79 Å². The lowest BCUT2D eigenvalue weighted by Gasteiger charge is -2.35. The standard InChI is InChI=1S/C29H36O6/c1-16-14-21-20(27(21,4)5)12-13-28(6)25(34-28)22-23(33-18(3)30)17(2)15-29(22,24(16)31)35-26(32)19-10-8-7-9-11-19/h7-11,14,17,20-23,25H,12-13,15H2,1-6H3/t17-,20+,21-,22-,23+,25-,28-,29-/m1/s1. The van der Waals surface area contributed by atoms with Gasteiger partial charge >= 0.3 is 11.9 Å². The molecule has 0 radical (unpaired) electrons. The van der Waals surface area contributed by atoms with Crippen LogP contribution in [0.1, 0.15) is 71.2 Å². The van der Waals surface area contributed by atoms with Gasteiger partial charge in [0.05, 0.1) is 23.2 Å². The van der Waals surface area contributed by atoms with Crippen molar-refractivity contribution in [3.63, 3.8) is 0 Å². The molecule has 1 aromatic rings. The number of epoxide rings is 1. The summed E-state index contributed by atoms with van der Waals surface area (Å²) in [7, 11) is 0. The molecule has 0 unspecified atom stereocenters. The predicted octanol–water partition coefficient (Wildman–Crippen LogP) is 4.91. The summed E-state index contributed by atoms with van der Waals surface area (Å²) < 4.78 is 18.4. The van der Waals surface area contributed by atoms with Gasteiger partial charge in [-0.3, -0.25) is 9.59 Å². The van der Waals surface area contributed by atoms with Crippen LogP contribution in [0.3, 0.4) is 0 Å². The van der Waals surface area contributed by atoms with Crippen molar-refractivity contribution < 1.29 is 28.6 Å². The van der Waals surface area contributed by atoms with Gasteiger partial charge < -0.3 is 14.2 Å². The maximum atomic E-state index is 14.3. The molecule has 5 rings (SSSR count). The van der Waals surface area contributed by atoms with Crippen LogP contribution in [0.15, 0.2) is 42.0 Å². The second kappa shape index (κ2) is 8.02. The second-order valence-electron chi connectivity index (χ2n) is 11.9. The van der Waals surface area contributed by atoms with Crippen LogP contribution in [0.2, 0.25) is 0 Å². The van der Waals surface area contributed by atoms with E-state index in [-0.39, 0.29) is 29.6 Å². The maximum absolute atomic E-state index is 14.3. The predicted molar refractivity (Wildman–Crippen MR) is 129 cm³/mol. The zero-order valence-corrected chi connectivity index (χ0v) is 21.5. The number of hydrogen-bond acceptors (Lipinski definition) is 6. The van der Waals surface area contributed by atoms with Gasteiger partial charge in [0.15, 0.2) is 5.60 Å². The number of benzene rings is 1. The highest BCUT2D eigenvalue weighted by Gasteiger charge is 2.72. The highest BCUT2D eigenvalue weighted by molar-refractivity contribution is 6.04. The summed E-state index contributed by atoms with van der Waals surface area (Å²) in [6, 6.07) is 8.73. The normalized spacial score (nSPS) is 41.3.